The standard InChI is InChI=1S/C26H24F3N5O3/c1-15-30-6-7-34(15)12-16-8-20(22-13-33(2)32-25(22)26(27,28)29)24-21(9-16)23(35)17(14-37-24)10-18-11-19(36-3)4-5-31-18/h4-9,11,13,17H,10,12,14H2,1-3H3. The van der Waals surface area contributed by atoms with Crippen molar-refractivity contribution in [3.8, 4) is 22.6 Å². The van der Waals surface area contributed by atoms with Crippen LogP contribution < -0.4 is 9.47 Å². The molecule has 1 aliphatic heterocycles. The van der Waals surface area contributed by atoms with Gasteiger partial charge in [-0.25, -0.2) is 4.98 Å². The van der Waals surface area contributed by atoms with Crippen LogP contribution in [-0.4, -0.2) is 43.8 Å². The van der Waals surface area contributed by atoms with Gasteiger partial charge in [-0.15, -0.1) is 0 Å². The van der Waals surface area contributed by atoms with E-state index in [1.807, 2.05) is 11.5 Å². The predicted octanol–water partition coefficient (Wildman–Crippen LogP) is 4.50. The molecule has 0 aliphatic carbocycles. The quantitative estimate of drug-likeness (QED) is 0.379. The van der Waals surface area contributed by atoms with Crippen LogP contribution in [0.15, 0.2) is 49.1 Å². The molecule has 4 aromatic rings. The fraction of sp³-hybridized carbons (Fsp3) is 0.308. The molecule has 4 heterocycles. The second-order valence-electron chi connectivity index (χ2n) is 8.95. The van der Waals surface area contributed by atoms with Gasteiger partial charge in [0, 0.05) is 67.7 Å². The first-order chi connectivity index (χ1) is 17.6. The summed E-state index contributed by atoms with van der Waals surface area (Å²) in [6.07, 6.45) is 1.93. The SMILES string of the molecule is COc1ccnc(CC2COc3c(cc(Cn4ccnc4C)cc3-c3cn(C)nc3C(F)(F)F)C2=O)c1. The third-order valence-corrected chi connectivity index (χ3v) is 6.36. The van der Waals surface area contributed by atoms with Crippen molar-refractivity contribution in [2.24, 2.45) is 13.0 Å². The van der Waals surface area contributed by atoms with Crippen LogP contribution in [0.4, 0.5) is 13.2 Å². The molecule has 11 heteroatoms. The molecule has 8 nitrogen and oxygen atoms in total. The third-order valence-electron chi connectivity index (χ3n) is 6.36. The summed E-state index contributed by atoms with van der Waals surface area (Å²) in [7, 11) is 2.97. The van der Waals surface area contributed by atoms with Gasteiger partial charge in [0.25, 0.3) is 0 Å². The highest BCUT2D eigenvalue weighted by molar-refractivity contribution is 6.04. The largest absolute Gasteiger partial charge is 0.497 e. The van der Waals surface area contributed by atoms with Gasteiger partial charge in [-0.05, 0) is 30.7 Å². The molecule has 0 amide bonds. The molecule has 192 valence electrons. The number of aryl methyl sites for hydroxylation is 2. The van der Waals surface area contributed by atoms with Gasteiger partial charge in [0.05, 0.1) is 25.2 Å². The number of halogens is 3. The third kappa shape index (κ3) is 4.81. The van der Waals surface area contributed by atoms with E-state index in [0.29, 0.717) is 30.0 Å². The number of hydrogen-bond donors (Lipinski definition) is 0. The second-order valence-corrected chi connectivity index (χ2v) is 8.95. The number of ketones is 1. The van der Waals surface area contributed by atoms with Crippen molar-refractivity contribution in [1.82, 2.24) is 24.3 Å². The summed E-state index contributed by atoms with van der Waals surface area (Å²) in [5.41, 5.74) is 0.534. The number of imidazole rings is 1. The summed E-state index contributed by atoms with van der Waals surface area (Å²) in [4.78, 5) is 22.2. The molecule has 1 aromatic carbocycles. The summed E-state index contributed by atoms with van der Waals surface area (Å²) in [5, 5.41) is 3.65. The summed E-state index contributed by atoms with van der Waals surface area (Å²) >= 11 is 0. The first-order valence-corrected chi connectivity index (χ1v) is 11.6. The Balaban J connectivity index is 1.60. The van der Waals surface area contributed by atoms with Crippen LogP contribution in [0.3, 0.4) is 0 Å². The van der Waals surface area contributed by atoms with E-state index in [1.54, 1.807) is 50.0 Å². The molecule has 1 unspecified atom stereocenters. The predicted molar refractivity (Wildman–Crippen MR) is 128 cm³/mol. The van der Waals surface area contributed by atoms with Gasteiger partial charge in [-0.3, -0.25) is 14.5 Å². The highest BCUT2D eigenvalue weighted by Gasteiger charge is 2.39. The number of pyridine rings is 1. The van der Waals surface area contributed by atoms with Crippen molar-refractivity contribution in [2.75, 3.05) is 13.7 Å². The number of nitrogens with zero attached hydrogens (tertiary/aromatic N) is 5. The molecule has 0 radical (unpaired) electrons. The van der Waals surface area contributed by atoms with Crippen LogP contribution in [0.1, 0.15) is 33.1 Å². The molecule has 0 bridgehead atoms. The van der Waals surface area contributed by atoms with E-state index in [-0.39, 0.29) is 34.8 Å². The minimum atomic E-state index is -4.68. The minimum Gasteiger partial charge on any atom is -0.497 e. The van der Waals surface area contributed by atoms with Gasteiger partial charge in [-0.1, -0.05) is 0 Å². The maximum atomic E-state index is 13.9. The van der Waals surface area contributed by atoms with Crippen molar-refractivity contribution in [1.29, 1.82) is 0 Å². The average Bonchev–Trinajstić information content (AvgIpc) is 3.46. The number of rotatable bonds is 6. The van der Waals surface area contributed by atoms with Crippen LogP contribution in [0.25, 0.3) is 11.1 Å². The number of benzene rings is 1. The average molecular weight is 512 g/mol. The van der Waals surface area contributed by atoms with Gasteiger partial charge >= 0.3 is 6.18 Å². The lowest BCUT2D eigenvalue weighted by Crippen LogP contribution is -2.30. The van der Waals surface area contributed by atoms with E-state index in [1.165, 1.54) is 13.2 Å². The monoisotopic (exact) mass is 511 g/mol. The molecule has 3 aromatic heterocycles. The van der Waals surface area contributed by atoms with Crippen molar-refractivity contribution < 1.29 is 27.4 Å². The Hall–Kier alpha value is -4.15. The number of aromatic nitrogens is 5. The van der Waals surface area contributed by atoms with Crippen LogP contribution >= 0.6 is 0 Å². The molecule has 0 N–H and O–H groups in total. The molecular weight excluding hydrogens is 487 g/mol. The van der Waals surface area contributed by atoms with E-state index < -0.39 is 17.8 Å². The first-order valence-electron chi connectivity index (χ1n) is 11.6. The fourth-order valence-electron chi connectivity index (χ4n) is 4.56. The number of hydrogen-bond acceptors (Lipinski definition) is 6. The van der Waals surface area contributed by atoms with Gasteiger partial charge in [0.2, 0.25) is 0 Å². The molecule has 0 saturated carbocycles. The lowest BCUT2D eigenvalue weighted by atomic mass is 9.87. The molecule has 0 saturated heterocycles. The van der Waals surface area contributed by atoms with Gasteiger partial charge < -0.3 is 14.0 Å². The van der Waals surface area contributed by atoms with Crippen molar-refractivity contribution in [2.45, 2.75) is 26.1 Å². The Bertz CT molecular complexity index is 1470. The summed E-state index contributed by atoms with van der Waals surface area (Å²) in [6, 6.07) is 6.77. The highest BCUT2D eigenvalue weighted by Crippen LogP contribution is 2.44. The number of methoxy groups -OCH3 is 1. The highest BCUT2D eigenvalue weighted by atomic mass is 19.4. The van der Waals surface area contributed by atoms with Crippen LogP contribution in [0.5, 0.6) is 11.5 Å². The lowest BCUT2D eigenvalue weighted by Gasteiger charge is -2.27. The smallest absolute Gasteiger partial charge is 0.435 e. The Morgan fingerprint density at radius 3 is 2.62 bits per heavy atom. The summed E-state index contributed by atoms with van der Waals surface area (Å²) in [6.45, 7) is 2.16. The van der Waals surface area contributed by atoms with E-state index >= 15 is 0 Å². The van der Waals surface area contributed by atoms with Crippen molar-refractivity contribution in [3.63, 3.8) is 0 Å². The van der Waals surface area contributed by atoms with Gasteiger partial charge in [0.15, 0.2) is 11.5 Å². The van der Waals surface area contributed by atoms with Crippen LogP contribution in [-0.2, 0) is 26.2 Å². The summed E-state index contributed by atoms with van der Waals surface area (Å²) in [5.74, 6) is 0.715. The summed E-state index contributed by atoms with van der Waals surface area (Å²) < 4.78 is 55.8. The Morgan fingerprint density at radius 1 is 1.14 bits per heavy atom. The Kier molecular flexibility index (Phi) is 6.22. The van der Waals surface area contributed by atoms with Crippen molar-refractivity contribution in [3.05, 3.63) is 77.4 Å². The number of carbonyl (C=O) groups excluding carboxylic acids is 1. The normalized spacial score (nSPS) is 15.4. The molecule has 1 atom stereocenters. The number of ether oxygens (including phenoxy) is 2. The number of Topliss-reactive ketones (excluding diaryl/α,β-unsaturated/α-hetero) is 1. The second kappa shape index (κ2) is 9.38. The van der Waals surface area contributed by atoms with Crippen molar-refractivity contribution >= 4 is 5.78 Å². The molecule has 37 heavy (non-hydrogen) atoms. The topological polar surface area (TPSA) is 84.1 Å². The number of fused-ring (bicyclic) bond motifs is 1. The molecule has 5 rings (SSSR count). The maximum absolute atomic E-state index is 13.9. The Labute approximate surface area is 210 Å². The van der Waals surface area contributed by atoms with E-state index in [9.17, 15) is 18.0 Å². The van der Waals surface area contributed by atoms with E-state index in [4.69, 9.17) is 9.47 Å². The molecule has 1 aliphatic rings. The van der Waals surface area contributed by atoms with E-state index in [0.717, 1.165) is 10.5 Å². The maximum Gasteiger partial charge on any atom is 0.435 e. The van der Waals surface area contributed by atoms with Gasteiger partial charge in [-0.2, -0.15) is 18.3 Å². The zero-order valence-corrected chi connectivity index (χ0v) is 20.4. The molecular formula is C26H24F3N5O3. The number of alkyl halides is 3. The van der Waals surface area contributed by atoms with Crippen LogP contribution in [0.2, 0.25) is 0 Å². The van der Waals surface area contributed by atoms with Gasteiger partial charge in [0.1, 0.15) is 17.3 Å². The Morgan fingerprint density at radius 2 is 1.92 bits per heavy atom. The fourth-order valence-corrected chi connectivity index (χ4v) is 4.56. The zero-order chi connectivity index (χ0) is 26.3. The number of carbonyl (C=O) groups is 1. The first kappa shape index (κ1) is 24.5. The van der Waals surface area contributed by atoms with E-state index in [2.05, 4.69) is 15.1 Å². The minimum absolute atomic E-state index is 0.0132. The molecule has 0 fully saturated rings. The van der Waals surface area contributed by atoms with Crippen LogP contribution in [0, 0.1) is 12.8 Å². The lowest BCUT2D eigenvalue weighted by molar-refractivity contribution is -0.140. The molecule has 0 spiro atoms. The zero-order valence-electron chi connectivity index (χ0n) is 20.4.